The van der Waals surface area contributed by atoms with Gasteiger partial charge in [0.1, 0.15) is 5.82 Å². The lowest BCUT2D eigenvalue weighted by Crippen LogP contribution is -2.48. The molecule has 0 saturated heterocycles. The Kier molecular flexibility index (Phi) is 5.22. The van der Waals surface area contributed by atoms with Crippen molar-refractivity contribution in [2.45, 2.75) is 71.1 Å². The minimum atomic E-state index is -0.233. The van der Waals surface area contributed by atoms with Crippen molar-refractivity contribution < 1.29 is 4.74 Å². The highest BCUT2D eigenvalue weighted by Crippen LogP contribution is 2.42. The summed E-state index contributed by atoms with van der Waals surface area (Å²) in [6, 6.07) is -0.133. The van der Waals surface area contributed by atoms with Crippen molar-refractivity contribution in [3.63, 3.8) is 0 Å². The molecule has 2 N–H and O–H groups in total. The number of imidazole rings is 1. The molecule has 1 aromatic rings. The molecule has 1 heterocycles. The normalized spacial score (nSPS) is 28.5. The van der Waals surface area contributed by atoms with Gasteiger partial charge >= 0.3 is 0 Å². The van der Waals surface area contributed by atoms with E-state index >= 15 is 0 Å². The second kappa shape index (κ2) is 6.72. The third kappa shape index (κ3) is 3.07. The standard InChI is InChI=1S/C16H29N3O/c1-4-10-19-11-9-18-15(19)14(17)16(20-5-2)8-6-7-13(3)12-16/h9,11,13-14H,4-8,10,12,17H2,1-3H3. The second-order valence-corrected chi connectivity index (χ2v) is 6.16. The topological polar surface area (TPSA) is 53.1 Å². The van der Waals surface area contributed by atoms with Crippen LogP contribution in [0.25, 0.3) is 0 Å². The van der Waals surface area contributed by atoms with E-state index in [9.17, 15) is 0 Å². The summed E-state index contributed by atoms with van der Waals surface area (Å²) in [4.78, 5) is 4.52. The Hall–Kier alpha value is -0.870. The van der Waals surface area contributed by atoms with Gasteiger partial charge in [0.25, 0.3) is 0 Å². The van der Waals surface area contributed by atoms with Crippen molar-refractivity contribution in [2.24, 2.45) is 11.7 Å². The number of hydrogen-bond acceptors (Lipinski definition) is 3. The van der Waals surface area contributed by atoms with Crippen molar-refractivity contribution >= 4 is 0 Å². The number of hydrogen-bond donors (Lipinski definition) is 1. The predicted octanol–water partition coefficient (Wildman–Crippen LogP) is 3.28. The fourth-order valence-corrected chi connectivity index (χ4v) is 3.60. The van der Waals surface area contributed by atoms with Gasteiger partial charge in [0.05, 0.1) is 11.6 Å². The maximum Gasteiger partial charge on any atom is 0.128 e. The van der Waals surface area contributed by atoms with Gasteiger partial charge in [-0.05, 0) is 32.1 Å². The molecule has 1 aliphatic rings. The lowest BCUT2D eigenvalue weighted by atomic mass is 9.74. The molecule has 4 heteroatoms. The number of aromatic nitrogens is 2. The summed E-state index contributed by atoms with van der Waals surface area (Å²) in [5, 5.41) is 0. The Morgan fingerprint density at radius 1 is 1.55 bits per heavy atom. The van der Waals surface area contributed by atoms with E-state index in [0.717, 1.165) is 38.2 Å². The molecule has 1 aromatic heterocycles. The maximum atomic E-state index is 6.62. The number of rotatable bonds is 6. The molecule has 4 nitrogen and oxygen atoms in total. The van der Waals surface area contributed by atoms with Crippen LogP contribution < -0.4 is 5.73 Å². The zero-order valence-corrected chi connectivity index (χ0v) is 13.1. The van der Waals surface area contributed by atoms with Gasteiger partial charge in [-0.15, -0.1) is 0 Å². The van der Waals surface area contributed by atoms with E-state index in [1.165, 1.54) is 12.8 Å². The molecule has 0 aliphatic heterocycles. The van der Waals surface area contributed by atoms with Gasteiger partial charge in [-0.25, -0.2) is 4.98 Å². The molecule has 3 unspecified atom stereocenters. The van der Waals surface area contributed by atoms with Crippen LogP contribution >= 0.6 is 0 Å². The molecule has 0 aromatic carbocycles. The van der Waals surface area contributed by atoms with Crippen molar-refractivity contribution in [1.82, 2.24) is 9.55 Å². The molecule has 0 bridgehead atoms. The van der Waals surface area contributed by atoms with E-state index in [0.29, 0.717) is 5.92 Å². The Labute approximate surface area is 122 Å². The first-order valence-corrected chi connectivity index (χ1v) is 8.03. The molecular weight excluding hydrogens is 250 g/mol. The summed E-state index contributed by atoms with van der Waals surface area (Å²) in [6.07, 6.45) is 9.55. The van der Waals surface area contributed by atoms with Crippen molar-refractivity contribution in [2.75, 3.05) is 6.61 Å². The molecule has 1 aliphatic carbocycles. The van der Waals surface area contributed by atoms with E-state index < -0.39 is 0 Å². The number of nitrogens with zero attached hydrogens (tertiary/aromatic N) is 2. The summed E-state index contributed by atoms with van der Waals surface area (Å²) in [6.45, 7) is 8.23. The molecule has 1 fully saturated rings. The van der Waals surface area contributed by atoms with Crippen LogP contribution in [0.3, 0.4) is 0 Å². The molecule has 1 saturated carbocycles. The van der Waals surface area contributed by atoms with Gasteiger partial charge in [-0.1, -0.05) is 26.7 Å². The number of aryl methyl sites for hydroxylation is 1. The van der Waals surface area contributed by atoms with E-state index in [1.54, 1.807) is 0 Å². The first-order valence-electron chi connectivity index (χ1n) is 8.03. The van der Waals surface area contributed by atoms with Crippen molar-refractivity contribution in [3.8, 4) is 0 Å². The molecule has 3 atom stereocenters. The number of nitrogens with two attached hydrogens (primary N) is 1. The first-order chi connectivity index (χ1) is 9.63. The van der Waals surface area contributed by atoms with Crippen LogP contribution in [-0.2, 0) is 11.3 Å². The van der Waals surface area contributed by atoms with Crippen LogP contribution in [0.2, 0.25) is 0 Å². The lowest BCUT2D eigenvalue weighted by molar-refractivity contribution is -0.0959. The molecule has 114 valence electrons. The van der Waals surface area contributed by atoms with E-state index in [-0.39, 0.29) is 11.6 Å². The Morgan fingerprint density at radius 3 is 3.00 bits per heavy atom. The monoisotopic (exact) mass is 279 g/mol. The Balaban J connectivity index is 2.25. The largest absolute Gasteiger partial charge is 0.373 e. The van der Waals surface area contributed by atoms with Gasteiger partial charge in [-0.2, -0.15) is 0 Å². The van der Waals surface area contributed by atoms with E-state index in [1.807, 2.05) is 12.4 Å². The minimum Gasteiger partial charge on any atom is -0.373 e. The third-order valence-electron chi connectivity index (χ3n) is 4.48. The van der Waals surface area contributed by atoms with Gasteiger partial charge in [0.2, 0.25) is 0 Å². The van der Waals surface area contributed by atoms with Gasteiger partial charge < -0.3 is 15.0 Å². The van der Waals surface area contributed by atoms with Crippen molar-refractivity contribution in [1.29, 1.82) is 0 Å². The average Bonchev–Trinajstić information content (AvgIpc) is 2.87. The Bertz CT molecular complexity index is 414. The quantitative estimate of drug-likeness (QED) is 0.869. The highest BCUT2D eigenvalue weighted by molar-refractivity contribution is 5.08. The van der Waals surface area contributed by atoms with Crippen LogP contribution in [0.1, 0.15) is 64.7 Å². The van der Waals surface area contributed by atoms with E-state index in [4.69, 9.17) is 10.5 Å². The molecule has 0 amide bonds. The highest BCUT2D eigenvalue weighted by Gasteiger charge is 2.43. The first kappa shape index (κ1) is 15.5. The molecule has 20 heavy (non-hydrogen) atoms. The van der Waals surface area contributed by atoms with Crippen LogP contribution in [0, 0.1) is 5.92 Å². The number of ether oxygens (including phenoxy) is 1. The highest BCUT2D eigenvalue weighted by atomic mass is 16.5. The molecular formula is C16H29N3O. The lowest BCUT2D eigenvalue weighted by Gasteiger charge is -2.43. The summed E-state index contributed by atoms with van der Waals surface area (Å²) in [7, 11) is 0. The predicted molar refractivity (Wildman–Crippen MR) is 81.4 cm³/mol. The zero-order valence-electron chi connectivity index (χ0n) is 13.1. The minimum absolute atomic E-state index is 0.133. The summed E-state index contributed by atoms with van der Waals surface area (Å²) in [5.41, 5.74) is 6.39. The smallest absolute Gasteiger partial charge is 0.128 e. The summed E-state index contributed by atoms with van der Waals surface area (Å²) < 4.78 is 8.37. The fourth-order valence-electron chi connectivity index (χ4n) is 3.60. The van der Waals surface area contributed by atoms with Gasteiger partial charge in [0, 0.05) is 25.5 Å². The second-order valence-electron chi connectivity index (χ2n) is 6.16. The van der Waals surface area contributed by atoms with Crippen LogP contribution in [0.15, 0.2) is 12.4 Å². The maximum absolute atomic E-state index is 6.62. The van der Waals surface area contributed by atoms with Crippen LogP contribution in [0.4, 0.5) is 0 Å². The molecule has 2 rings (SSSR count). The Morgan fingerprint density at radius 2 is 2.35 bits per heavy atom. The summed E-state index contributed by atoms with van der Waals surface area (Å²) >= 11 is 0. The fraction of sp³-hybridized carbons (Fsp3) is 0.812. The molecule has 0 radical (unpaired) electrons. The molecule has 0 spiro atoms. The van der Waals surface area contributed by atoms with Crippen LogP contribution in [0.5, 0.6) is 0 Å². The SMILES string of the molecule is CCCn1ccnc1C(N)C1(OCC)CCCC(C)C1. The van der Waals surface area contributed by atoms with Gasteiger partial charge in [0.15, 0.2) is 0 Å². The average molecular weight is 279 g/mol. The van der Waals surface area contributed by atoms with Crippen LogP contribution in [-0.4, -0.2) is 21.8 Å². The summed E-state index contributed by atoms with van der Waals surface area (Å²) in [5.74, 6) is 1.66. The van der Waals surface area contributed by atoms with Crippen molar-refractivity contribution in [3.05, 3.63) is 18.2 Å². The zero-order chi connectivity index (χ0) is 14.6. The third-order valence-corrected chi connectivity index (χ3v) is 4.48. The van der Waals surface area contributed by atoms with Gasteiger partial charge in [-0.3, -0.25) is 0 Å². The van der Waals surface area contributed by atoms with E-state index in [2.05, 4.69) is 30.3 Å².